The van der Waals surface area contributed by atoms with Crippen molar-refractivity contribution in [2.24, 2.45) is 0 Å². The number of H-pyrrole nitrogens is 2. The summed E-state index contributed by atoms with van der Waals surface area (Å²) in [6, 6.07) is 33.4. The summed E-state index contributed by atoms with van der Waals surface area (Å²) in [6.45, 7) is 11.2. The molecule has 4 aromatic carbocycles. The first-order valence-electron chi connectivity index (χ1n) is 42.7. The second-order valence-corrected chi connectivity index (χ2v) is 30.1. The maximum absolute atomic E-state index is 12.1. The molecule has 0 fully saturated rings. The average Bonchev–Trinajstić information content (AvgIpc) is 1.59. The number of ether oxygens (including phenoxy) is 4. The van der Waals surface area contributed by atoms with Crippen LogP contribution in [0, 0.1) is 33.8 Å². The van der Waals surface area contributed by atoms with Crippen molar-refractivity contribution in [2.45, 2.75) is 285 Å². The van der Waals surface area contributed by atoms with Crippen LogP contribution in [0.15, 0.2) is 109 Å². The van der Waals surface area contributed by atoms with Crippen molar-refractivity contribution >= 4 is 58.0 Å². The lowest BCUT2D eigenvalue weighted by atomic mass is 10.0. The Morgan fingerprint density at radius 1 is 0.345 bits per heavy atom. The third-order valence-electron chi connectivity index (χ3n) is 21.1. The highest BCUT2D eigenvalue weighted by molar-refractivity contribution is 5.99. The van der Waals surface area contributed by atoms with Crippen LogP contribution in [0.4, 0.5) is 5.69 Å². The number of fused-ring (bicyclic) bond motifs is 8. The number of unbranched alkanes of at least 4 members (excludes halogenated alkanes) is 36. The van der Waals surface area contributed by atoms with E-state index >= 15 is 0 Å². The first-order valence-corrected chi connectivity index (χ1v) is 42.7. The van der Waals surface area contributed by atoms with Gasteiger partial charge in [0.2, 0.25) is 0 Å². The normalized spacial score (nSPS) is 11.5. The Kier molecular flexibility index (Phi) is 37.8. The van der Waals surface area contributed by atoms with Crippen LogP contribution in [0.3, 0.4) is 0 Å². The number of nitrogens with zero attached hydrogens (tertiary/aromatic N) is 3. The molecule has 13 nitrogen and oxygen atoms in total. The summed E-state index contributed by atoms with van der Waals surface area (Å²) in [7, 11) is 0. The number of benzene rings is 4. The Morgan fingerprint density at radius 3 is 0.909 bits per heavy atom. The van der Waals surface area contributed by atoms with E-state index in [4.69, 9.17) is 28.9 Å². The summed E-state index contributed by atoms with van der Waals surface area (Å²) in [5.74, 6) is 15.6. The molecule has 0 radical (unpaired) electrons. The molecular formula is C97H125N5O8. The lowest BCUT2D eigenvalue weighted by Gasteiger charge is -2.18. The Balaban J connectivity index is 1.22. The average molecular weight is 1490 g/mol. The number of hydrogen-bond donors (Lipinski definition) is 3. The van der Waals surface area contributed by atoms with Crippen LogP contribution < -0.4 is 18.9 Å². The third-order valence-corrected chi connectivity index (χ3v) is 21.1. The van der Waals surface area contributed by atoms with Crippen LogP contribution in [0.2, 0.25) is 0 Å². The van der Waals surface area contributed by atoms with Gasteiger partial charge in [0, 0.05) is 45.4 Å². The van der Waals surface area contributed by atoms with Gasteiger partial charge >= 0.3 is 5.97 Å². The molecule has 3 N–H and O–H groups in total. The maximum atomic E-state index is 12.1. The number of non-ortho nitro benzene ring substituents is 1. The van der Waals surface area contributed by atoms with Gasteiger partial charge in [-0.25, -0.2) is 14.8 Å². The molecular weight excluding hydrogens is 1360 g/mol. The Bertz CT molecular complexity index is 3960. The van der Waals surface area contributed by atoms with E-state index < -0.39 is 10.9 Å². The van der Waals surface area contributed by atoms with Gasteiger partial charge in [-0.05, 0) is 135 Å². The molecule has 0 atom stereocenters. The summed E-state index contributed by atoms with van der Waals surface area (Å²) in [6.07, 6.45) is 56.5. The van der Waals surface area contributed by atoms with Gasteiger partial charge in [-0.15, -0.1) is 0 Å². The van der Waals surface area contributed by atoms with E-state index in [9.17, 15) is 20.0 Å². The fraction of sp³-hybridized carbons (Fsp3) is 0.495. The lowest BCUT2D eigenvalue weighted by Crippen LogP contribution is -2.04. The Labute approximate surface area is 657 Å². The lowest BCUT2D eigenvalue weighted by molar-refractivity contribution is -0.384. The van der Waals surface area contributed by atoms with Crippen molar-refractivity contribution in [2.75, 3.05) is 26.4 Å². The number of nitro benzene ring substituents is 1. The van der Waals surface area contributed by atoms with Gasteiger partial charge in [-0.3, -0.25) is 10.1 Å². The zero-order valence-corrected chi connectivity index (χ0v) is 67.0. The van der Waals surface area contributed by atoms with Gasteiger partial charge in [0.1, 0.15) is 23.0 Å². The zero-order chi connectivity index (χ0) is 77.0. The molecule has 8 bridgehead atoms. The molecule has 2 aliphatic heterocycles. The minimum absolute atomic E-state index is 0.0181. The largest absolute Gasteiger partial charge is 0.493 e. The fourth-order valence-electron chi connectivity index (χ4n) is 14.7. The maximum Gasteiger partial charge on any atom is 0.335 e. The SMILES string of the molecule is CCCCCCCCCCCCOc1cccc(OCCCCCCCCCCCC)c1-c1c2nc(c(C#Cc3ccc([N+](=O)[O-])cc3)c3ccc([nH]3)c(-c3c(OCCCCCCCCCCCC)cccc3OCCCCCCCCCCCC)c3nc(c(C#Cc4ccc(C(=O)O)cc4)c4ccc1[nH]4)C=C3)C=C2. The molecule has 0 unspecified atom stereocenters. The highest BCUT2D eigenvalue weighted by atomic mass is 16.6. The van der Waals surface area contributed by atoms with Crippen LogP contribution in [0.5, 0.6) is 23.0 Å². The van der Waals surface area contributed by atoms with E-state index in [1.807, 2.05) is 72.8 Å². The van der Waals surface area contributed by atoms with Gasteiger partial charge < -0.3 is 34.0 Å². The summed E-state index contributed by atoms with van der Waals surface area (Å²) < 4.78 is 28.1. The molecule has 3 aromatic heterocycles. The summed E-state index contributed by atoms with van der Waals surface area (Å²) in [4.78, 5) is 42.7. The van der Waals surface area contributed by atoms with E-state index in [0.717, 1.165) is 110 Å². The minimum atomic E-state index is -1.01. The van der Waals surface area contributed by atoms with Crippen molar-refractivity contribution in [3.8, 4) is 68.9 Å². The number of aromatic amines is 2. The number of nitrogens with one attached hydrogen (secondary N) is 2. The van der Waals surface area contributed by atoms with Crippen LogP contribution in [0.25, 0.3) is 68.6 Å². The molecule has 9 rings (SSSR count). The molecule has 0 spiro atoms. The highest BCUT2D eigenvalue weighted by Gasteiger charge is 2.25. The number of carboxylic acids is 1. The Hall–Kier alpha value is -9.33. The van der Waals surface area contributed by atoms with Gasteiger partial charge in [0.05, 0.1) is 93.0 Å². The fourth-order valence-corrected chi connectivity index (χ4v) is 14.7. The van der Waals surface area contributed by atoms with Gasteiger partial charge in [-0.2, -0.15) is 0 Å². The number of carboxylic acid groups (broad SMARTS) is 1. The molecule has 2 aliphatic rings. The minimum Gasteiger partial charge on any atom is -0.493 e. The van der Waals surface area contributed by atoms with E-state index in [-0.39, 0.29) is 11.3 Å². The number of hydrogen-bond acceptors (Lipinski definition) is 9. The standard InChI is InChI=1S/C97H125N5O8/c1-5-9-13-17-21-25-29-33-37-41-71-107-89-47-45-48-90(108-72-42-38-34-30-26-22-18-14-10-6-2)95(89)93-85-67-63-81(98-85)79(61-55-75-51-57-77(58-52-75)97(103)104)82-64-68-86(99-82)94(88-70-66-84(101-88)80(83-65-69-87(93)100-83)62-56-76-53-59-78(60-54-76)102(105)106)96-91(109-73-43-39-35-31-27-23-19-15-11-7-3)49-46-50-92(96)110-74-44-40-36-32-28-24-20-16-12-8-4/h45-54,57-60,63-70,98,101H,5-44,71-74H2,1-4H3,(H,103,104). The quantitative estimate of drug-likeness (QED) is 0.0144. The first-order chi connectivity index (χ1) is 54.2. The monoisotopic (exact) mass is 1490 g/mol. The van der Waals surface area contributed by atoms with E-state index in [1.165, 1.54) is 192 Å². The first kappa shape index (κ1) is 84.7. The molecule has 7 aromatic rings. The smallest absolute Gasteiger partial charge is 0.335 e. The zero-order valence-electron chi connectivity index (χ0n) is 67.0. The summed E-state index contributed by atoms with van der Waals surface area (Å²) in [5.41, 5.74) is 11.0. The predicted molar refractivity (Wildman–Crippen MR) is 458 cm³/mol. The van der Waals surface area contributed by atoms with E-state index in [2.05, 4.69) is 73.5 Å². The van der Waals surface area contributed by atoms with Gasteiger partial charge in [0.15, 0.2) is 0 Å². The predicted octanol–water partition coefficient (Wildman–Crippen LogP) is 27.6. The Morgan fingerprint density at radius 2 is 0.618 bits per heavy atom. The molecule has 0 amide bonds. The second kappa shape index (κ2) is 49.0. The highest BCUT2D eigenvalue weighted by Crippen LogP contribution is 2.46. The molecule has 5 heterocycles. The summed E-state index contributed by atoms with van der Waals surface area (Å²) in [5, 5.41) is 21.8. The van der Waals surface area contributed by atoms with Gasteiger partial charge in [-0.1, -0.05) is 295 Å². The van der Waals surface area contributed by atoms with Crippen molar-refractivity contribution in [3.05, 3.63) is 170 Å². The topological polar surface area (TPSA) is 175 Å². The van der Waals surface area contributed by atoms with Crippen LogP contribution in [-0.2, 0) is 0 Å². The molecule has 0 saturated carbocycles. The van der Waals surface area contributed by atoms with Crippen molar-refractivity contribution in [1.29, 1.82) is 0 Å². The van der Waals surface area contributed by atoms with Crippen LogP contribution >= 0.6 is 0 Å². The molecule has 0 saturated heterocycles. The third kappa shape index (κ3) is 27.6. The second-order valence-electron chi connectivity index (χ2n) is 30.1. The van der Waals surface area contributed by atoms with E-state index in [0.29, 0.717) is 105 Å². The number of carbonyl (C=O) groups is 1. The van der Waals surface area contributed by atoms with Crippen molar-refractivity contribution in [3.63, 3.8) is 0 Å². The van der Waals surface area contributed by atoms with E-state index in [1.54, 1.807) is 36.4 Å². The summed E-state index contributed by atoms with van der Waals surface area (Å²) >= 11 is 0. The molecule has 110 heavy (non-hydrogen) atoms. The molecule has 0 aliphatic carbocycles. The van der Waals surface area contributed by atoms with Gasteiger partial charge in [0.25, 0.3) is 5.69 Å². The van der Waals surface area contributed by atoms with Crippen molar-refractivity contribution < 1.29 is 33.8 Å². The number of nitro groups is 1. The number of rotatable bonds is 52. The molecule has 586 valence electrons. The van der Waals surface area contributed by atoms with Crippen molar-refractivity contribution in [1.82, 2.24) is 19.9 Å². The number of aromatic carboxylic acids is 1. The molecule has 13 heteroatoms. The number of aromatic nitrogens is 4. The van der Waals surface area contributed by atoms with Crippen LogP contribution in [-0.4, -0.2) is 62.4 Å². The van der Waals surface area contributed by atoms with Crippen LogP contribution in [0.1, 0.15) is 340 Å².